The molecule has 8 N–H and O–H groups in total. The lowest BCUT2D eigenvalue weighted by Crippen LogP contribution is -2.70. The molecule has 0 spiro atoms. The maximum absolute atomic E-state index is 10.2. The van der Waals surface area contributed by atoms with E-state index in [9.17, 15) is 35.7 Å². The van der Waals surface area contributed by atoms with Crippen molar-refractivity contribution in [1.29, 1.82) is 0 Å². The molecule has 24 heavy (non-hydrogen) atoms. The summed E-state index contributed by atoms with van der Waals surface area (Å²) in [5.74, 6) is 0. The van der Waals surface area contributed by atoms with Crippen LogP contribution in [0, 0.1) is 0 Å². The molecule has 2 aliphatic heterocycles. The third-order valence-electron chi connectivity index (χ3n) is 4.37. The molecule has 11 nitrogen and oxygen atoms in total. The molecule has 11 heteroatoms. The average molecular weight is 355 g/mol. The summed E-state index contributed by atoms with van der Waals surface area (Å²) in [6.07, 6.45) is -12.1. The summed E-state index contributed by atoms with van der Waals surface area (Å²) < 4.78 is 15.5. The van der Waals surface area contributed by atoms with E-state index in [-0.39, 0.29) is 0 Å². The van der Waals surface area contributed by atoms with Gasteiger partial charge in [0.15, 0.2) is 6.29 Å². The molecular weight excluding hydrogens is 330 g/mol. The largest absolute Gasteiger partial charge is 0.394 e. The standard InChI is InChI=1S/C13H25NO10/c1-22-13-11(21)8(18)6(4(2-15)24-13)14-12-10(20)9(19)7(17)5(3-16)23-12/h4-21H,2-3H2,1H3/t4-,5-,6-,7+,8+,9+,10-,11-,12-,13-/m1/s1. The van der Waals surface area contributed by atoms with Gasteiger partial charge in [-0.2, -0.15) is 0 Å². The second kappa shape index (κ2) is 8.29. The maximum Gasteiger partial charge on any atom is 0.186 e. The van der Waals surface area contributed by atoms with Crippen LogP contribution in [-0.4, -0.2) is 117 Å². The molecule has 2 fully saturated rings. The van der Waals surface area contributed by atoms with Crippen molar-refractivity contribution in [2.45, 2.75) is 61.3 Å². The van der Waals surface area contributed by atoms with Crippen LogP contribution in [0.15, 0.2) is 0 Å². The molecule has 0 aliphatic carbocycles. The van der Waals surface area contributed by atoms with E-state index in [2.05, 4.69) is 5.32 Å². The van der Waals surface area contributed by atoms with E-state index in [0.717, 1.165) is 0 Å². The van der Waals surface area contributed by atoms with Crippen LogP contribution < -0.4 is 5.32 Å². The number of hydrogen-bond acceptors (Lipinski definition) is 11. The summed E-state index contributed by atoms with van der Waals surface area (Å²) in [5, 5.41) is 70.9. The van der Waals surface area contributed by atoms with Gasteiger partial charge >= 0.3 is 0 Å². The molecule has 2 aliphatic rings. The zero-order valence-electron chi connectivity index (χ0n) is 13.0. The molecule has 2 saturated heterocycles. The fourth-order valence-corrected chi connectivity index (χ4v) is 2.92. The molecule has 10 atom stereocenters. The number of aliphatic hydroxyl groups is 7. The molecule has 2 rings (SSSR count). The Morgan fingerprint density at radius 1 is 0.792 bits per heavy atom. The second-order valence-corrected chi connectivity index (χ2v) is 5.88. The molecule has 0 aromatic rings. The maximum atomic E-state index is 10.2. The number of nitrogens with one attached hydrogen (secondary N) is 1. The van der Waals surface area contributed by atoms with E-state index in [4.69, 9.17) is 14.2 Å². The molecule has 0 radical (unpaired) electrons. The zero-order valence-corrected chi connectivity index (χ0v) is 13.0. The van der Waals surface area contributed by atoms with Gasteiger partial charge in [0.1, 0.15) is 49.0 Å². The Morgan fingerprint density at radius 2 is 1.42 bits per heavy atom. The van der Waals surface area contributed by atoms with Crippen LogP contribution in [0.4, 0.5) is 0 Å². The third-order valence-corrected chi connectivity index (χ3v) is 4.37. The van der Waals surface area contributed by atoms with Gasteiger partial charge in [0.05, 0.1) is 19.3 Å². The van der Waals surface area contributed by atoms with Crippen LogP contribution in [0.3, 0.4) is 0 Å². The Balaban J connectivity index is 2.12. The highest BCUT2D eigenvalue weighted by Gasteiger charge is 2.49. The first-order chi connectivity index (χ1) is 11.3. The van der Waals surface area contributed by atoms with Gasteiger partial charge in [-0.3, -0.25) is 5.32 Å². The van der Waals surface area contributed by atoms with Crippen molar-refractivity contribution in [2.24, 2.45) is 0 Å². The van der Waals surface area contributed by atoms with Crippen LogP contribution >= 0.6 is 0 Å². The minimum atomic E-state index is -1.60. The highest BCUT2D eigenvalue weighted by atomic mass is 16.7. The van der Waals surface area contributed by atoms with Crippen LogP contribution in [0.5, 0.6) is 0 Å². The van der Waals surface area contributed by atoms with Crippen molar-refractivity contribution >= 4 is 0 Å². The van der Waals surface area contributed by atoms with Crippen molar-refractivity contribution in [3.8, 4) is 0 Å². The van der Waals surface area contributed by atoms with Gasteiger partial charge in [0.25, 0.3) is 0 Å². The molecule has 0 bridgehead atoms. The van der Waals surface area contributed by atoms with Gasteiger partial charge in [0.2, 0.25) is 0 Å². The van der Waals surface area contributed by atoms with Gasteiger partial charge in [-0.25, -0.2) is 0 Å². The Labute approximate surface area is 138 Å². The predicted molar refractivity (Wildman–Crippen MR) is 75.5 cm³/mol. The van der Waals surface area contributed by atoms with Crippen LogP contribution in [-0.2, 0) is 14.2 Å². The first-order valence-corrected chi connectivity index (χ1v) is 7.57. The smallest absolute Gasteiger partial charge is 0.186 e. The molecule has 0 amide bonds. The summed E-state index contributed by atoms with van der Waals surface area (Å²) in [6, 6.07) is -1.07. The molecular formula is C13H25NO10. The lowest BCUT2D eigenvalue weighted by molar-refractivity contribution is -0.285. The lowest BCUT2D eigenvalue weighted by Gasteiger charge is -2.46. The Kier molecular flexibility index (Phi) is 6.87. The van der Waals surface area contributed by atoms with Gasteiger partial charge < -0.3 is 50.0 Å². The van der Waals surface area contributed by atoms with E-state index < -0.39 is 74.5 Å². The SMILES string of the molecule is CO[C@@H]1O[C@H](CO)[C@@H](N[C@@H]2O[C@H](CO)[C@H](O)[C@H](O)[C@H]2O)[C@H](O)[C@H]1O. The normalized spacial score (nSPS) is 50.0. The van der Waals surface area contributed by atoms with Crippen molar-refractivity contribution in [3.05, 3.63) is 0 Å². The quantitative estimate of drug-likeness (QED) is 0.236. The van der Waals surface area contributed by atoms with Crippen LogP contribution in [0.25, 0.3) is 0 Å². The number of aliphatic hydroxyl groups excluding tert-OH is 7. The van der Waals surface area contributed by atoms with E-state index in [1.807, 2.05) is 0 Å². The van der Waals surface area contributed by atoms with Crippen LogP contribution in [0.2, 0.25) is 0 Å². The first kappa shape index (κ1) is 19.9. The number of ether oxygens (including phenoxy) is 3. The molecule has 0 aromatic heterocycles. The minimum absolute atomic E-state index is 0.529. The van der Waals surface area contributed by atoms with Crippen LogP contribution in [0.1, 0.15) is 0 Å². The van der Waals surface area contributed by atoms with Gasteiger partial charge in [-0.05, 0) is 0 Å². The topological polar surface area (TPSA) is 181 Å². The van der Waals surface area contributed by atoms with Crippen molar-refractivity contribution < 1.29 is 50.0 Å². The Bertz CT molecular complexity index is 397. The Morgan fingerprint density at radius 3 is 1.96 bits per heavy atom. The number of hydrogen-bond donors (Lipinski definition) is 8. The molecule has 0 saturated carbocycles. The molecule has 0 unspecified atom stereocenters. The van der Waals surface area contributed by atoms with Crippen molar-refractivity contribution in [1.82, 2.24) is 5.32 Å². The summed E-state index contributed by atoms with van der Waals surface area (Å²) in [7, 11) is 1.26. The fourth-order valence-electron chi connectivity index (χ4n) is 2.92. The minimum Gasteiger partial charge on any atom is -0.394 e. The zero-order chi connectivity index (χ0) is 18.0. The molecule has 2 heterocycles. The Hall–Kier alpha value is -0.440. The monoisotopic (exact) mass is 355 g/mol. The predicted octanol–water partition coefficient (Wildman–Crippen LogP) is -5.17. The molecule has 0 aromatic carbocycles. The first-order valence-electron chi connectivity index (χ1n) is 7.57. The fraction of sp³-hybridized carbons (Fsp3) is 1.00. The second-order valence-electron chi connectivity index (χ2n) is 5.88. The average Bonchev–Trinajstić information content (AvgIpc) is 2.59. The van der Waals surface area contributed by atoms with Gasteiger partial charge in [0, 0.05) is 7.11 Å². The number of rotatable bonds is 5. The van der Waals surface area contributed by atoms with Gasteiger partial charge in [-0.1, -0.05) is 0 Å². The highest BCUT2D eigenvalue weighted by molar-refractivity contribution is 4.98. The summed E-state index contributed by atoms with van der Waals surface area (Å²) in [6.45, 7) is -1.14. The number of methoxy groups -OCH3 is 1. The summed E-state index contributed by atoms with van der Waals surface area (Å²) >= 11 is 0. The summed E-state index contributed by atoms with van der Waals surface area (Å²) in [4.78, 5) is 0. The van der Waals surface area contributed by atoms with E-state index >= 15 is 0 Å². The van der Waals surface area contributed by atoms with Crippen molar-refractivity contribution in [3.63, 3.8) is 0 Å². The van der Waals surface area contributed by atoms with E-state index in [0.29, 0.717) is 0 Å². The third kappa shape index (κ3) is 3.71. The highest BCUT2D eigenvalue weighted by Crippen LogP contribution is 2.25. The van der Waals surface area contributed by atoms with E-state index in [1.54, 1.807) is 0 Å². The lowest BCUT2D eigenvalue weighted by atomic mass is 9.93. The van der Waals surface area contributed by atoms with Crippen molar-refractivity contribution in [2.75, 3.05) is 20.3 Å². The van der Waals surface area contributed by atoms with Gasteiger partial charge in [-0.15, -0.1) is 0 Å². The summed E-state index contributed by atoms with van der Waals surface area (Å²) in [5.41, 5.74) is 0. The molecule has 142 valence electrons. The van der Waals surface area contributed by atoms with E-state index in [1.165, 1.54) is 7.11 Å².